The molecule has 96 valence electrons. The second-order valence-corrected chi connectivity index (χ2v) is 7.83. The van der Waals surface area contributed by atoms with Gasteiger partial charge in [-0.1, -0.05) is 26.2 Å². The Morgan fingerprint density at radius 3 is 2.44 bits per heavy atom. The average Bonchev–Trinajstić information content (AvgIpc) is 2.77. The molecule has 16 heavy (non-hydrogen) atoms. The molecule has 0 aliphatic heterocycles. The van der Waals surface area contributed by atoms with E-state index in [1.165, 1.54) is 25.7 Å². The minimum absolute atomic E-state index is 0.264. The number of hydrogen-bond donors (Lipinski definition) is 0. The van der Waals surface area contributed by atoms with Gasteiger partial charge in [-0.05, 0) is 31.6 Å². The summed E-state index contributed by atoms with van der Waals surface area (Å²) in [6.07, 6.45) is 7.86. The quantitative estimate of drug-likeness (QED) is 0.523. The Kier molecular flexibility index (Phi) is 6.12. The van der Waals surface area contributed by atoms with Crippen LogP contribution in [0.3, 0.4) is 0 Å². The second kappa shape index (κ2) is 6.85. The van der Waals surface area contributed by atoms with Gasteiger partial charge in [-0.25, -0.2) is 8.42 Å². The molecule has 0 radical (unpaired) electrons. The third-order valence-electron chi connectivity index (χ3n) is 3.54. The van der Waals surface area contributed by atoms with E-state index in [9.17, 15) is 8.42 Å². The highest BCUT2D eigenvalue weighted by molar-refractivity contribution is 7.91. The van der Waals surface area contributed by atoms with Gasteiger partial charge in [0.2, 0.25) is 0 Å². The maximum Gasteiger partial charge on any atom is 0.150 e. The van der Waals surface area contributed by atoms with E-state index in [2.05, 4.69) is 0 Å². The zero-order chi connectivity index (χ0) is 12.0. The van der Waals surface area contributed by atoms with Gasteiger partial charge in [-0.15, -0.1) is 11.6 Å². The van der Waals surface area contributed by atoms with Gasteiger partial charge in [0.25, 0.3) is 0 Å². The summed E-state index contributed by atoms with van der Waals surface area (Å²) in [6, 6.07) is 0. The number of sulfone groups is 1. The lowest BCUT2D eigenvalue weighted by atomic mass is 9.99. The molecule has 0 heterocycles. The van der Waals surface area contributed by atoms with Crippen LogP contribution in [0.2, 0.25) is 0 Å². The van der Waals surface area contributed by atoms with Gasteiger partial charge in [-0.2, -0.15) is 0 Å². The average molecular weight is 267 g/mol. The van der Waals surface area contributed by atoms with Crippen molar-refractivity contribution >= 4 is 21.4 Å². The summed E-state index contributed by atoms with van der Waals surface area (Å²) in [5.74, 6) is 1.28. The number of rotatable bonds is 7. The van der Waals surface area contributed by atoms with Crippen LogP contribution in [-0.4, -0.2) is 25.3 Å². The monoisotopic (exact) mass is 266 g/mol. The molecule has 0 spiro atoms. The summed E-state index contributed by atoms with van der Waals surface area (Å²) in [6.45, 7) is 1.71. The van der Waals surface area contributed by atoms with Crippen molar-refractivity contribution < 1.29 is 8.42 Å². The van der Waals surface area contributed by atoms with Crippen LogP contribution in [0.5, 0.6) is 0 Å². The summed E-state index contributed by atoms with van der Waals surface area (Å²) < 4.78 is 22.5. The topological polar surface area (TPSA) is 34.1 Å². The van der Waals surface area contributed by atoms with Crippen LogP contribution in [0.25, 0.3) is 0 Å². The van der Waals surface area contributed by atoms with Gasteiger partial charge >= 0.3 is 0 Å². The largest absolute Gasteiger partial charge is 0.229 e. The van der Waals surface area contributed by atoms with Crippen LogP contribution >= 0.6 is 11.6 Å². The molecule has 1 aliphatic carbocycles. The van der Waals surface area contributed by atoms with Crippen molar-refractivity contribution in [1.82, 2.24) is 0 Å². The van der Waals surface area contributed by atoms with Crippen LogP contribution in [-0.2, 0) is 9.84 Å². The second-order valence-electron chi connectivity index (χ2n) is 4.79. The zero-order valence-electron chi connectivity index (χ0n) is 10.1. The lowest BCUT2D eigenvalue weighted by Crippen LogP contribution is -2.13. The fourth-order valence-electron chi connectivity index (χ4n) is 2.36. The van der Waals surface area contributed by atoms with Gasteiger partial charge in [0.1, 0.15) is 9.84 Å². The molecule has 1 atom stereocenters. The summed E-state index contributed by atoms with van der Waals surface area (Å²) >= 11 is 6.32. The smallest absolute Gasteiger partial charge is 0.150 e. The van der Waals surface area contributed by atoms with Crippen LogP contribution in [0.1, 0.15) is 51.9 Å². The number of hydrogen-bond acceptors (Lipinski definition) is 2. The molecule has 1 aliphatic rings. The zero-order valence-corrected chi connectivity index (χ0v) is 11.7. The van der Waals surface area contributed by atoms with E-state index < -0.39 is 9.84 Å². The highest BCUT2D eigenvalue weighted by Gasteiger charge is 2.22. The first-order valence-electron chi connectivity index (χ1n) is 6.39. The maximum absolute atomic E-state index is 11.3. The Labute approximate surface area is 105 Å². The van der Waals surface area contributed by atoms with Crippen molar-refractivity contribution in [3.63, 3.8) is 0 Å². The van der Waals surface area contributed by atoms with Gasteiger partial charge in [0, 0.05) is 11.1 Å². The van der Waals surface area contributed by atoms with Crippen LogP contribution in [0.15, 0.2) is 0 Å². The molecule has 2 nitrogen and oxygen atoms in total. The minimum Gasteiger partial charge on any atom is -0.229 e. The summed E-state index contributed by atoms with van der Waals surface area (Å²) in [5, 5.41) is 0.270. The first-order chi connectivity index (χ1) is 7.55. The van der Waals surface area contributed by atoms with E-state index in [0.29, 0.717) is 11.7 Å². The van der Waals surface area contributed by atoms with E-state index in [-0.39, 0.29) is 11.1 Å². The Morgan fingerprint density at radius 1 is 1.25 bits per heavy atom. The van der Waals surface area contributed by atoms with E-state index in [1.807, 2.05) is 0 Å². The first-order valence-corrected chi connectivity index (χ1v) is 8.65. The molecule has 1 saturated carbocycles. The molecule has 0 saturated heterocycles. The molecule has 1 fully saturated rings. The maximum atomic E-state index is 11.3. The van der Waals surface area contributed by atoms with Crippen molar-refractivity contribution in [3.8, 4) is 0 Å². The summed E-state index contributed by atoms with van der Waals surface area (Å²) in [5.41, 5.74) is 0. The molecule has 1 unspecified atom stereocenters. The van der Waals surface area contributed by atoms with Crippen molar-refractivity contribution in [3.05, 3.63) is 0 Å². The molecule has 0 amide bonds. The predicted molar refractivity (Wildman–Crippen MR) is 69.8 cm³/mol. The molecule has 0 aromatic rings. The molecular formula is C12H23ClO2S. The number of unbranched alkanes of at least 4 members (excludes halogenated alkanes) is 1. The SMILES string of the molecule is CCS(=O)(=O)CCCCC(Cl)C1CCCC1. The Bertz CT molecular complexity index is 281. The lowest BCUT2D eigenvalue weighted by molar-refractivity contribution is 0.479. The lowest BCUT2D eigenvalue weighted by Gasteiger charge is -2.16. The summed E-state index contributed by atoms with van der Waals surface area (Å²) in [7, 11) is -2.78. The molecule has 0 N–H and O–H groups in total. The predicted octanol–water partition coefficient (Wildman–Crippen LogP) is 3.39. The number of alkyl halides is 1. The first kappa shape index (κ1) is 14.3. The van der Waals surface area contributed by atoms with Crippen LogP contribution in [0.4, 0.5) is 0 Å². The van der Waals surface area contributed by atoms with Crippen LogP contribution < -0.4 is 0 Å². The Hall–Kier alpha value is 0.240. The molecular weight excluding hydrogens is 244 g/mol. The van der Waals surface area contributed by atoms with E-state index >= 15 is 0 Å². The van der Waals surface area contributed by atoms with Gasteiger partial charge in [0.15, 0.2) is 0 Å². The van der Waals surface area contributed by atoms with Gasteiger partial charge in [0.05, 0.1) is 5.75 Å². The summed E-state index contributed by atoms with van der Waals surface area (Å²) in [4.78, 5) is 0. The molecule has 4 heteroatoms. The third kappa shape index (κ3) is 5.05. The van der Waals surface area contributed by atoms with Crippen LogP contribution in [0, 0.1) is 5.92 Å². The molecule has 0 aromatic heterocycles. The van der Waals surface area contributed by atoms with Crippen molar-refractivity contribution in [1.29, 1.82) is 0 Å². The normalized spacial score (nSPS) is 20.1. The van der Waals surface area contributed by atoms with E-state index in [1.54, 1.807) is 6.92 Å². The highest BCUT2D eigenvalue weighted by Crippen LogP contribution is 2.32. The number of halogens is 1. The van der Waals surface area contributed by atoms with Crippen molar-refractivity contribution in [2.45, 2.75) is 57.2 Å². The van der Waals surface area contributed by atoms with Crippen molar-refractivity contribution in [2.75, 3.05) is 11.5 Å². The van der Waals surface area contributed by atoms with Crippen molar-refractivity contribution in [2.24, 2.45) is 5.92 Å². The molecule has 0 aromatic carbocycles. The minimum atomic E-state index is -2.78. The fourth-order valence-corrected chi connectivity index (χ4v) is 3.70. The highest BCUT2D eigenvalue weighted by atomic mass is 35.5. The molecule has 1 rings (SSSR count). The van der Waals surface area contributed by atoms with Gasteiger partial charge < -0.3 is 0 Å². The Morgan fingerprint density at radius 2 is 1.88 bits per heavy atom. The van der Waals surface area contributed by atoms with E-state index in [0.717, 1.165) is 19.3 Å². The van der Waals surface area contributed by atoms with E-state index in [4.69, 9.17) is 11.6 Å². The Balaban J connectivity index is 2.11. The van der Waals surface area contributed by atoms with Gasteiger partial charge in [-0.3, -0.25) is 0 Å². The standard InChI is InChI=1S/C12H23ClO2S/c1-2-16(14,15)10-6-5-9-12(13)11-7-3-4-8-11/h11-12H,2-10H2,1H3. The fraction of sp³-hybridized carbons (Fsp3) is 1.00. The molecule has 0 bridgehead atoms. The third-order valence-corrected chi connectivity index (χ3v) is 5.90.